The Morgan fingerprint density at radius 3 is 1.37 bits per heavy atom. The summed E-state index contributed by atoms with van der Waals surface area (Å²) >= 11 is 0. The maximum Gasteiger partial charge on any atom is 0.166 e. The molecule has 0 saturated carbocycles. The molecule has 0 spiro atoms. The molecule has 112 valence electrons. The van der Waals surface area contributed by atoms with Crippen LogP contribution in [0.3, 0.4) is 0 Å². The fraction of sp³-hybridized carbons (Fsp3) is 0.933. The molecule has 2 aliphatic rings. The largest absolute Gasteiger partial charge is 0.296 e. The molecule has 0 radical (unpaired) electrons. The van der Waals surface area contributed by atoms with Crippen molar-refractivity contribution in [2.45, 2.75) is 64.5 Å². The molecule has 0 N–H and O–H groups in total. The van der Waals surface area contributed by atoms with Crippen molar-refractivity contribution in [1.82, 2.24) is 9.80 Å². The summed E-state index contributed by atoms with van der Waals surface area (Å²) in [5, 5.41) is 0. The molecule has 2 heterocycles. The lowest BCUT2D eigenvalue weighted by Gasteiger charge is -2.37. The van der Waals surface area contributed by atoms with Crippen LogP contribution in [0.15, 0.2) is 0 Å². The third-order valence-corrected chi connectivity index (χ3v) is 4.70. The second-order valence-electron chi connectivity index (χ2n) is 5.95. The lowest BCUT2D eigenvalue weighted by molar-refractivity contribution is -0.129. The topological polar surface area (TPSA) is 23.6 Å². The number of likely N-dealkylation sites (tertiary alicyclic amines) is 2. The monoisotopic (exact) mass is 288 g/mol. The molecule has 0 aliphatic carbocycles. The number of piperidine rings is 2. The van der Waals surface area contributed by atoms with Crippen molar-refractivity contribution in [2.75, 3.05) is 26.2 Å². The number of Topliss-reactive ketones (excluding diaryl/α,β-unsaturated/α-hetero) is 1. The summed E-state index contributed by atoms with van der Waals surface area (Å²) in [5.41, 5.74) is 0. The van der Waals surface area contributed by atoms with Crippen LogP contribution in [-0.2, 0) is 4.79 Å². The zero-order chi connectivity index (χ0) is 13.0. The predicted octanol–water partition coefficient (Wildman–Crippen LogP) is 2.73. The number of hydrogen-bond donors (Lipinski definition) is 0. The first-order chi connectivity index (χ1) is 8.70. The highest BCUT2D eigenvalue weighted by molar-refractivity contribution is 5.88. The van der Waals surface area contributed by atoms with Crippen molar-refractivity contribution in [3.63, 3.8) is 0 Å². The van der Waals surface area contributed by atoms with Gasteiger partial charge in [0.1, 0.15) is 0 Å². The number of ketones is 1. The first-order valence-corrected chi connectivity index (χ1v) is 7.72. The van der Waals surface area contributed by atoms with Gasteiger partial charge in [-0.2, -0.15) is 0 Å². The van der Waals surface area contributed by atoms with E-state index >= 15 is 0 Å². The van der Waals surface area contributed by atoms with Crippen molar-refractivity contribution < 1.29 is 4.79 Å². The van der Waals surface area contributed by atoms with Gasteiger partial charge in [0, 0.05) is 0 Å². The molecule has 0 aromatic rings. The molecule has 0 aromatic carbocycles. The van der Waals surface area contributed by atoms with Crippen LogP contribution in [0.2, 0.25) is 0 Å². The third kappa shape index (κ3) is 4.44. The van der Waals surface area contributed by atoms with Gasteiger partial charge in [0.25, 0.3) is 0 Å². The molecule has 3 nitrogen and oxygen atoms in total. The molecule has 4 heteroatoms. The van der Waals surface area contributed by atoms with E-state index in [4.69, 9.17) is 0 Å². The van der Waals surface area contributed by atoms with Crippen LogP contribution >= 0.6 is 12.4 Å². The quantitative estimate of drug-likeness (QED) is 0.795. The number of hydrogen-bond acceptors (Lipinski definition) is 3. The second kappa shape index (κ2) is 8.23. The molecule has 0 amide bonds. The summed E-state index contributed by atoms with van der Waals surface area (Å²) in [5.74, 6) is 0.429. The van der Waals surface area contributed by atoms with E-state index in [1.54, 1.807) is 0 Å². The predicted molar refractivity (Wildman–Crippen MR) is 82.0 cm³/mol. The van der Waals surface area contributed by atoms with E-state index in [-0.39, 0.29) is 24.5 Å². The fourth-order valence-corrected chi connectivity index (χ4v) is 3.32. The maximum absolute atomic E-state index is 12.6. The highest BCUT2D eigenvalue weighted by Gasteiger charge is 2.30. The van der Waals surface area contributed by atoms with Gasteiger partial charge in [-0.1, -0.05) is 12.8 Å². The van der Waals surface area contributed by atoms with E-state index in [2.05, 4.69) is 23.6 Å². The number of rotatable bonds is 4. The first kappa shape index (κ1) is 16.9. The van der Waals surface area contributed by atoms with Crippen LogP contribution in [0.25, 0.3) is 0 Å². The van der Waals surface area contributed by atoms with Gasteiger partial charge in [0.15, 0.2) is 5.78 Å². The minimum atomic E-state index is 0. The van der Waals surface area contributed by atoms with Crippen LogP contribution in [0, 0.1) is 0 Å². The molecule has 2 aliphatic heterocycles. The normalized spacial score (nSPS) is 25.4. The summed E-state index contributed by atoms with van der Waals surface area (Å²) in [4.78, 5) is 17.3. The van der Waals surface area contributed by atoms with Gasteiger partial charge >= 0.3 is 0 Å². The van der Waals surface area contributed by atoms with Gasteiger partial charge in [-0.15, -0.1) is 12.4 Å². The number of nitrogens with zero attached hydrogens (tertiary/aromatic N) is 2. The molecule has 2 saturated heterocycles. The summed E-state index contributed by atoms with van der Waals surface area (Å²) in [7, 11) is 0. The second-order valence-corrected chi connectivity index (χ2v) is 5.95. The van der Waals surface area contributed by atoms with E-state index in [1.165, 1.54) is 38.5 Å². The first-order valence-electron chi connectivity index (χ1n) is 7.72. The molecule has 19 heavy (non-hydrogen) atoms. The Balaban J connectivity index is 0.00000180. The summed E-state index contributed by atoms with van der Waals surface area (Å²) in [6.07, 6.45) is 7.70. The molecule has 2 fully saturated rings. The number of carbonyl (C=O) groups is 1. The average molecular weight is 289 g/mol. The Morgan fingerprint density at radius 1 is 0.737 bits per heavy atom. The van der Waals surface area contributed by atoms with Crippen molar-refractivity contribution >= 4 is 18.2 Å². The maximum atomic E-state index is 12.6. The zero-order valence-corrected chi connectivity index (χ0v) is 13.3. The Labute approximate surface area is 124 Å². The molecule has 0 aromatic heterocycles. The average Bonchev–Trinajstić information content (AvgIpc) is 2.47. The van der Waals surface area contributed by atoms with Gasteiger partial charge < -0.3 is 0 Å². The Hall–Kier alpha value is -0.120. The van der Waals surface area contributed by atoms with Gasteiger partial charge in [-0.25, -0.2) is 0 Å². The van der Waals surface area contributed by atoms with Crippen LogP contribution in [0.1, 0.15) is 52.4 Å². The highest BCUT2D eigenvalue weighted by Crippen LogP contribution is 2.17. The highest BCUT2D eigenvalue weighted by atomic mass is 35.5. The SMILES string of the molecule is CC(C(=O)C(C)N1CCCCC1)N1CCCCC1.Cl. The Bertz CT molecular complexity index is 247. The summed E-state index contributed by atoms with van der Waals surface area (Å²) in [6.45, 7) is 8.65. The Kier molecular flexibility index (Phi) is 7.33. The summed E-state index contributed by atoms with van der Waals surface area (Å²) in [6, 6.07) is 0.226. The molecule has 2 rings (SSSR count). The molecule has 2 atom stereocenters. The van der Waals surface area contributed by atoms with Gasteiger partial charge in [0.05, 0.1) is 12.1 Å². The van der Waals surface area contributed by atoms with E-state index in [0.717, 1.165) is 26.2 Å². The standard InChI is InChI=1S/C15H28N2O.ClH/c1-13(16-9-5-3-6-10-16)15(18)14(2)17-11-7-4-8-12-17;/h13-14H,3-12H2,1-2H3;1H. The van der Waals surface area contributed by atoms with Crippen LogP contribution < -0.4 is 0 Å². The van der Waals surface area contributed by atoms with Crippen LogP contribution in [0.5, 0.6) is 0 Å². The zero-order valence-electron chi connectivity index (χ0n) is 12.4. The molecule has 2 unspecified atom stereocenters. The minimum Gasteiger partial charge on any atom is -0.296 e. The van der Waals surface area contributed by atoms with Crippen molar-refractivity contribution in [3.8, 4) is 0 Å². The van der Waals surface area contributed by atoms with Crippen molar-refractivity contribution in [3.05, 3.63) is 0 Å². The molecular weight excluding hydrogens is 260 g/mol. The molecular formula is C15H29ClN2O. The minimum absolute atomic E-state index is 0. The summed E-state index contributed by atoms with van der Waals surface area (Å²) < 4.78 is 0. The van der Waals surface area contributed by atoms with E-state index in [1.807, 2.05) is 0 Å². The van der Waals surface area contributed by atoms with E-state index in [0.29, 0.717) is 5.78 Å². The Morgan fingerprint density at radius 2 is 1.05 bits per heavy atom. The van der Waals surface area contributed by atoms with Gasteiger partial charge in [0.2, 0.25) is 0 Å². The smallest absolute Gasteiger partial charge is 0.166 e. The lowest BCUT2D eigenvalue weighted by atomic mass is 10.00. The van der Waals surface area contributed by atoms with Crippen LogP contribution in [0.4, 0.5) is 0 Å². The molecule has 0 bridgehead atoms. The fourth-order valence-electron chi connectivity index (χ4n) is 3.32. The van der Waals surface area contributed by atoms with Gasteiger partial charge in [-0.3, -0.25) is 14.6 Å². The van der Waals surface area contributed by atoms with E-state index < -0.39 is 0 Å². The number of carbonyl (C=O) groups excluding carboxylic acids is 1. The van der Waals surface area contributed by atoms with Gasteiger partial charge in [-0.05, 0) is 65.7 Å². The van der Waals surface area contributed by atoms with Crippen LogP contribution in [-0.4, -0.2) is 53.8 Å². The van der Waals surface area contributed by atoms with Crippen molar-refractivity contribution in [2.24, 2.45) is 0 Å². The van der Waals surface area contributed by atoms with E-state index in [9.17, 15) is 4.79 Å². The third-order valence-electron chi connectivity index (χ3n) is 4.70. The number of halogens is 1. The lowest BCUT2D eigenvalue weighted by Crippen LogP contribution is -2.51. The van der Waals surface area contributed by atoms with Crippen molar-refractivity contribution in [1.29, 1.82) is 0 Å².